The van der Waals surface area contributed by atoms with Gasteiger partial charge in [-0.15, -0.1) is 0 Å². The van der Waals surface area contributed by atoms with E-state index in [0.29, 0.717) is 23.5 Å². The maximum atomic E-state index is 12.3. The standard InChI is InChI=1S/C15H15ClN2O2/c1-20-9-10-5-2-3-8-13(10)18-15(19)11-6-4-7-12(17)14(11)16/h2-8H,9,17H2,1H3,(H,18,19). The van der Waals surface area contributed by atoms with Crippen molar-refractivity contribution in [2.45, 2.75) is 6.61 Å². The third-order valence-corrected chi connectivity index (χ3v) is 3.26. The van der Waals surface area contributed by atoms with E-state index in [1.807, 2.05) is 24.3 Å². The van der Waals surface area contributed by atoms with E-state index in [2.05, 4.69) is 5.32 Å². The van der Waals surface area contributed by atoms with E-state index in [9.17, 15) is 4.79 Å². The van der Waals surface area contributed by atoms with Gasteiger partial charge < -0.3 is 15.8 Å². The van der Waals surface area contributed by atoms with Gasteiger partial charge in [0.1, 0.15) is 0 Å². The first-order valence-electron chi connectivity index (χ1n) is 6.05. The fraction of sp³-hybridized carbons (Fsp3) is 0.133. The summed E-state index contributed by atoms with van der Waals surface area (Å²) in [6.45, 7) is 0.418. The second kappa shape index (κ2) is 6.41. The van der Waals surface area contributed by atoms with Gasteiger partial charge in [-0.2, -0.15) is 0 Å². The Kier molecular flexibility index (Phi) is 4.61. The number of hydrogen-bond acceptors (Lipinski definition) is 3. The molecule has 0 bridgehead atoms. The third kappa shape index (κ3) is 3.10. The molecule has 20 heavy (non-hydrogen) atoms. The van der Waals surface area contributed by atoms with Gasteiger partial charge in [0.2, 0.25) is 0 Å². The fourth-order valence-electron chi connectivity index (χ4n) is 1.84. The van der Waals surface area contributed by atoms with Gasteiger partial charge in [0.05, 0.1) is 22.9 Å². The Morgan fingerprint density at radius 1 is 1.25 bits per heavy atom. The predicted molar refractivity (Wildman–Crippen MR) is 81.0 cm³/mol. The molecule has 0 aliphatic rings. The van der Waals surface area contributed by atoms with Crippen LogP contribution >= 0.6 is 11.6 Å². The quantitative estimate of drug-likeness (QED) is 0.849. The van der Waals surface area contributed by atoms with E-state index < -0.39 is 0 Å². The molecule has 2 aromatic carbocycles. The summed E-state index contributed by atoms with van der Waals surface area (Å²) in [6, 6.07) is 12.4. The highest BCUT2D eigenvalue weighted by atomic mass is 35.5. The maximum absolute atomic E-state index is 12.3. The summed E-state index contributed by atoms with van der Waals surface area (Å²) >= 11 is 6.04. The zero-order valence-electron chi connectivity index (χ0n) is 11.0. The fourth-order valence-corrected chi connectivity index (χ4v) is 2.05. The van der Waals surface area contributed by atoms with E-state index in [-0.39, 0.29) is 10.9 Å². The monoisotopic (exact) mass is 290 g/mol. The van der Waals surface area contributed by atoms with Crippen LogP contribution in [0, 0.1) is 0 Å². The van der Waals surface area contributed by atoms with E-state index in [1.54, 1.807) is 25.3 Å². The number of nitrogen functional groups attached to an aromatic ring is 1. The van der Waals surface area contributed by atoms with Gasteiger partial charge in [-0.25, -0.2) is 0 Å². The van der Waals surface area contributed by atoms with Crippen molar-refractivity contribution >= 4 is 28.9 Å². The lowest BCUT2D eigenvalue weighted by Crippen LogP contribution is -2.14. The van der Waals surface area contributed by atoms with Crippen LogP contribution in [0.15, 0.2) is 42.5 Å². The number of carbonyl (C=O) groups excluding carboxylic acids is 1. The van der Waals surface area contributed by atoms with Crippen LogP contribution in [0.25, 0.3) is 0 Å². The average Bonchev–Trinajstić information content (AvgIpc) is 2.44. The van der Waals surface area contributed by atoms with Crippen LogP contribution in [0.1, 0.15) is 15.9 Å². The van der Waals surface area contributed by atoms with Crippen molar-refractivity contribution in [3.8, 4) is 0 Å². The molecule has 0 aliphatic carbocycles. The minimum atomic E-state index is -0.300. The molecule has 2 aromatic rings. The Balaban J connectivity index is 2.26. The summed E-state index contributed by atoms with van der Waals surface area (Å²) < 4.78 is 5.10. The first-order chi connectivity index (χ1) is 9.63. The first-order valence-corrected chi connectivity index (χ1v) is 6.43. The Labute approximate surface area is 122 Å². The lowest BCUT2D eigenvalue weighted by atomic mass is 10.1. The molecule has 0 radical (unpaired) electrons. The highest BCUT2D eigenvalue weighted by Gasteiger charge is 2.13. The summed E-state index contributed by atoms with van der Waals surface area (Å²) in [4.78, 5) is 12.3. The van der Waals surface area contributed by atoms with Crippen LogP contribution in [0.3, 0.4) is 0 Å². The number of carbonyl (C=O) groups is 1. The smallest absolute Gasteiger partial charge is 0.257 e. The summed E-state index contributed by atoms with van der Waals surface area (Å²) in [5.41, 5.74) is 8.01. The Morgan fingerprint density at radius 2 is 2.00 bits per heavy atom. The molecule has 0 unspecified atom stereocenters. The van der Waals surface area contributed by atoms with E-state index >= 15 is 0 Å². The van der Waals surface area contributed by atoms with Crippen LogP contribution in [0.4, 0.5) is 11.4 Å². The van der Waals surface area contributed by atoms with E-state index in [0.717, 1.165) is 5.56 Å². The van der Waals surface area contributed by atoms with Crippen LogP contribution < -0.4 is 11.1 Å². The molecule has 0 aromatic heterocycles. The third-order valence-electron chi connectivity index (χ3n) is 2.84. The molecule has 0 saturated heterocycles. The number of ether oxygens (including phenoxy) is 1. The molecule has 0 saturated carbocycles. The molecular formula is C15H15ClN2O2. The molecule has 0 fully saturated rings. The molecule has 3 N–H and O–H groups in total. The molecule has 1 amide bonds. The summed E-state index contributed by atoms with van der Waals surface area (Å²) in [5, 5.41) is 3.08. The van der Waals surface area contributed by atoms with Crippen LogP contribution in [-0.4, -0.2) is 13.0 Å². The van der Waals surface area contributed by atoms with Crippen molar-refractivity contribution in [3.05, 3.63) is 58.6 Å². The number of nitrogens with two attached hydrogens (primary N) is 1. The van der Waals surface area contributed by atoms with Crippen molar-refractivity contribution in [3.63, 3.8) is 0 Å². The maximum Gasteiger partial charge on any atom is 0.257 e. The SMILES string of the molecule is COCc1ccccc1NC(=O)c1cccc(N)c1Cl. The van der Waals surface area contributed by atoms with Gasteiger partial charge in [-0.05, 0) is 18.2 Å². The molecule has 0 heterocycles. The molecule has 5 heteroatoms. The topological polar surface area (TPSA) is 64.3 Å². The number of rotatable bonds is 4. The molecule has 0 aliphatic heterocycles. The number of anilines is 2. The van der Waals surface area contributed by atoms with Crippen molar-refractivity contribution in [1.29, 1.82) is 0 Å². The van der Waals surface area contributed by atoms with Crippen LogP contribution in [-0.2, 0) is 11.3 Å². The zero-order valence-corrected chi connectivity index (χ0v) is 11.8. The molecule has 4 nitrogen and oxygen atoms in total. The number of para-hydroxylation sites is 1. The zero-order chi connectivity index (χ0) is 14.5. The van der Waals surface area contributed by atoms with E-state index in [4.69, 9.17) is 22.1 Å². The van der Waals surface area contributed by atoms with Crippen LogP contribution in [0.2, 0.25) is 5.02 Å². The van der Waals surface area contributed by atoms with Gasteiger partial charge in [-0.3, -0.25) is 4.79 Å². The minimum Gasteiger partial charge on any atom is -0.398 e. The van der Waals surface area contributed by atoms with Crippen molar-refractivity contribution in [1.82, 2.24) is 0 Å². The van der Waals surface area contributed by atoms with Crippen molar-refractivity contribution in [2.24, 2.45) is 0 Å². The van der Waals surface area contributed by atoms with Gasteiger partial charge in [0.25, 0.3) is 5.91 Å². The number of benzene rings is 2. The van der Waals surface area contributed by atoms with E-state index in [1.165, 1.54) is 0 Å². The highest BCUT2D eigenvalue weighted by molar-refractivity contribution is 6.36. The number of halogens is 1. The average molecular weight is 291 g/mol. The van der Waals surface area contributed by atoms with Crippen molar-refractivity contribution < 1.29 is 9.53 Å². The molecular weight excluding hydrogens is 276 g/mol. The van der Waals surface area contributed by atoms with Gasteiger partial charge in [0, 0.05) is 18.4 Å². The second-order valence-electron chi connectivity index (χ2n) is 4.25. The lowest BCUT2D eigenvalue weighted by Gasteiger charge is -2.11. The van der Waals surface area contributed by atoms with Gasteiger partial charge in [-0.1, -0.05) is 35.9 Å². The van der Waals surface area contributed by atoms with Crippen LogP contribution in [0.5, 0.6) is 0 Å². The lowest BCUT2D eigenvalue weighted by molar-refractivity contribution is 0.102. The van der Waals surface area contributed by atoms with Crippen molar-refractivity contribution in [2.75, 3.05) is 18.2 Å². The molecule has 104 valence electrons. The number of methoxy groups -OCH3 is 1. The number of nitrogens with one attached hydrogen (secondary N) is 1. The predicted octanol–water partition coefficient (Wildman–Crippen LogP) is 3.32. The summed E-state index contributed by atoms with van der Waals surface area (Å²) in [5.74, 6) is -0.300. The highest BCUT2D eigenvalue weighted by Crippen LogP contribution is 2.24. The van der Waals surface area contributed by atoms with Gasteiger partial charge in [0.15, 0.2) is 0 Å². The molecule has 0 atom stereocenters. The number of amides is 1. The molecule has 2 rings (SSSR count). The Morgan fingerprint density at radius 3 is 2.75 bits per heavy atom. The minimum absolute atomic E-state index is 0.259. The molecule has 0 spiro atoms. The second-order valence-corrected chi connectivity index (χ2v) is 4.63. The first kappa shape index (κ1) is 14.4. The normalized spacial score (nSPS) is 10.3. The number of hydrogen-bond donors (Lipinski definition) is 2. The largest absolute Gasteiger partial charge is 0.398 e. The van der Waals surface area contributed by atoms with Gasteiger partial charge >= 0.3 is 0 Å². The summed E-state index contributed by atoms with van der Waals surface area (Å²) in [6.07, 6.45) is 0. The Bertz CT molecular complexity index is 629. The Hall–Kier alpha value is -2.04. The summed E-state index contributed by atoms with van der Waals surface area (Å²) in [7, 11) is 1.60.